The molecule has 2 N–H and O–H groups in total. The van der Waals surface area contributed by atoms with Crippen LogP contribution in [0.15, 0.2) is 18.7 Å². The van der Waals surface area contributed by atoms with Crippen LogP contribution >= 0.6 is 0 Å². The summed E-state index contributed by atoms with van der Waals surface area (Å²) in [5.74, 6) is 0. The highest BCUT2D eigenvalue weighted by atomic mass is 14.8. The number of rotatable bonds is 5. The van der Waals surface area contributed by atoms with E-state index in [0.29, 0.717) is 0 Å². The van der Waals surface area contributed by atoms with Crippen molar-refractivity contribution in [3.63, 3.8) is 0 Å². The molecule has 0 saturated heterocycles. The normalized spacial score (nSPS) is 12.8. The van der Waals surface area contributed by atoms with Gasteiger partial charge in [-0.25, -0.2) is 9.97 Å². The Morgan fingerprint density at radius 3 is 2.62 bits per heavy atom. The highest BCUT2D eigenvalue weighted by Gasteiger charge is 2.04. The lowest BCUT2D eigenvalue weighted by molar-refractivity contribution is 0.578. The average molecular weight is 179 g/mol. The zero-order valence-electron chi connectivity index (χ0n) is 8.11. The van der Waals surface area contributed by atoms with Crippen LogP contribution in [0, 0.1) is 0 Å². The van der Waals surface area contributed by atoms with Crippen molar-refractivity contribution in [2.45, 2.75) is 38.6 Å². The second kappa shape index (κ2) is 5.65. The first kappa shape index (κ1) is 10.1. The predicted octanol–water partition coefficient (Wildman–Crippen LogP) is 2.06. The third-order valence-corrected chi connectivity index (χ3v) is 2.13. The van der Waals surface area contributed by atoms with Gasteiger partial charge in [-0.05, 0) is 6.42 Å². The van der Waals surface area contributed by atoms with Gasteiger partial charge in [-0.2, -0.15) is 0 Å². The molecule has 3 nitrogen and oxygen atoms in total. The van der Waals surface area contributed by atoms with E-state index in [4.69, 9.17) is 5.73 Å². The molecule has 0 spiro atoms. The number of nitrogens with two attached hydrogens (primary N) is 1. The van der Waals surface area contributed by atoms with Crippen molar-refractivity contribution in [3.05, 3.63) is 24.3 Å². The van der Waals surface area contributed by atoms with Gasteiger partial charge in [-0.3, -0.25) is 0 Å². The molecule has 0 bridgehead atoms. The first-order chi connectivity index (χ1) is 6.34. The minimum Gasteiger partial charge on any atom is -0.324 e. The van der Waals surface area contributed by atoms with Gasteiger partial charge in [0.2, 0.25) is 0 Å². The summed E-state index contributed by atoms with van der Waals surface area (Å²) in [5.41, 5.74) is 7.00. The van der Waals surface area contributed by atoms with Crippen molar-refractivity contribution in [1.82, 2.24) is 9.97 Å². The summed E-state index contributed by atoms with van der Waals surface area (Å²) >= 11 is 0. The van der Waals surface area contributed by atoms with E-state index in [1.54, 1.807) is 12.4 Å². The summed E-state index contributed by atoms with van der Waals surface area (Å²) < 4.78 is 0. The first-order valence-electron chi connectivity index (χ1n) is 4.85. The first-order valence-corrected chi connectivity index (χ1v) is 4.85. The maximum Gasteiger partial charge on any atom is 0.115 e. The van der Waals surface area contributed by atoms with Crippen molar-refractivity contribution in [3.8, 4) is 0 Å². The maximum absolute atomic E-state index is 5.96. The molecule has 72 valence electrons. The molecule has 0 aliphatic rings. The SMILES string of the molecule is CCCCCC(N)c1cncnc1. The molecule has 0 fully saturated rings. The Hall–Kier alpha value is -0.960. The van der Waals surface area contributed by atoms with Crippen LogP contribution in [0.25, 0.3) is 0 Å². The maximum atomic E-state index is 5.96. The van der Waals surface area contributed by atoms with E-state index in [1.807, 2.05) is 0 Å². The number of hydrogen-bond acceptors (Lipinski definition) is 3. The Kier molecular flexibility index (Phi) is 4.40. The summed E-state index contributed by atoms with van der Waals surface area (Å²) in [5, 5.41) is 0. The lowest BCUT2D eigenvalue weighted by Crippen LogP contribution is -2.10. The standard InChI is InChI=1S/C10H17N3/c1-2-3-4-5-10(11)9-6-12-8-13-7-9/h6-8,10H,2-5,11H2,1H3. The smallest absolute Gasteiger partial charge is 0.115 e. The monoisotopic (exact) mass is 179 g/mol. The molecule has 1 heterocycles. The molecule has 0 aliphatic heterocycles. The lowest BCUT2D eigenvalue weighted by Gasteiger charge is -2.09. The number of unbranched alkanes of at least 4 members (excludes halogenated alkanes) is 2. The Labute approximate surface area is 79.4 Å². The summed E-state index contributed by atoms with van der Waals surface area (Å²) in [4.78, 5) is 7.89. The van der Waals surface area contributed by atoms with Crippen LogP contribution in [0.1, 0.15) is 44.2 Å². The predicted molar refractivity (Wildman–Crippen MR) is 53.1 cm³/mol. The molecular formula is C10H17N3. The second-order valence-corrected chi connectivity index (χ2v) is 3.27. The van der Waals surface area contributed by atoms with Gasteiger partial charge < -0.3 is 5.73 Å². The van der Waals surface area contributed by atoms with E-state index < -0.39 is 0 Å². The third-order valence-electron chi connectivity index (χ3n) is 2.13. The van der Waals surface area contributed by atoms with Crippen LogP contribution in [0.3, 0.4) is 0 Å². The molecule has 1 unspecified atom stereocenters. The van der Waals surface area contributed by atoms with Crippen LogP contribution in [0.4, 0.5) is 0 Å². The highest BCUT2D eigenvalue weighted by Crippen LogP contribution is 2.14. The van der Waals surface area contributed by atoms with E-state index in [-0.39, 0.29) is 6.04 Å². The fourth-order valence-electron chi connectivity index (χ4n) is 1.28. The van der Waals surface area contributed by atoms with Gasteiger partial charge >= 0.3 is 0 Å². The zero-order valence-corrected chi connectivity index (χ0v) is 8.11. The quantitative estimate of drug-likeness (QED) is 0.704. The third kappa shape index (κ3) is 3.51. The topological polar surface area (TPSA) is 51.8 Å². The molecule has 0 aliphatic carbocycles. The van der Waals surface area contributed by atoms with Crippen molar-refractivity contribution in [1.29, 1.82) is 0 Å². The number of nitrogens with zero attached hydrogens (tertiary/aromatic N) is 2. The van der Waals surface area contributed by atoms with E-state index in [9.17, 15) is 0 Å². The molecule has 1 atom stereocenters. The van der Waals surface area contributed by atoms with Crippen molar-refractivity contribution >= 4 is 0 Å². The fraction of sp³-hybridized carbons (Fsp3) is 0.600. The fourth-order valence-corrected chi connectivity index (χ4v) is 1.28. The minimum atomic E-state index is 0.104. The van der Waals surface area contributed by atoms with Gasteiger partial charge in [-0.15, -0.1) is 0 Å². The molecule has 1 rings (SSSR count). The van der Waals surface area contributed by atoms with Crippen LogP contribution in [-0.2, 0) is 0 Å². The molecule has 0 radical (unpaired) electrons. The molecule has 0 amide bonds. The van der Waals surface area contributed by atoms with Gasteiger partial charge in [0.05, 0.1) is 0 Å². The van der Waals surface area contributed by atoms with Crippen molar-refractivity contribution in [2.75, 3.05) is 0 Å². The van der Waals surface area contributed by atoms with Crippen LogP contribution in [0.2, 0.25) is 0 Å². The number of hydrogen-bond donors (Lipinski definition) is 1. The Balaban J connectivity index is 2.35. The van der Waals surface area contributed by atoms with Crippen LogP contribution < -0.4 is 5.73 Å². The van der Waals surface area contributed by atoms with E-state index in [0.717, 1.165) is 12.0 Å². The van der Waals surface area contributed by atoms with Gasteiger partial charge in [0.1, 0.15) is 6.33 Å². The molecular weight excluding hydrogens is 162 g/mol. The molecule has 3 heteroatoms. The summed E-state index contributed by atoms with van der Waals surface area (Å²) in [7, 11) is 0. The summed E-state index contributed by atoms with van der Waals surface area (Å²) in [6.45, 7) is 2.19. The lowest BCUT2D eigenvalue weighted by atomic mass is 10.0. The van der Waals surface area contributed by atoms with Crippen LogP contribution in [0.5, 0.6) is 0 Å². The highest BCUT2D eigenvalue weighted by molar-refractivity contribution is 5.07. The minimum absolute atomic E-state index is 0.104. The number of aromatic nitrogens is 2. The van der Waals surface area contributed by atoms with Crippen LogP contribution in [-0.4, -0.2) is 9.97 Å². The average Bonchev–Trinajstić information content (AvgIpc) is 2.19. The summed E-state index contributed by atoms with van der Waals surface area (Å²) in [6.07, 6.45) is 9.82. The Bertz CT molecular complexity index is 223. The molecule has 1 aromatic rings. The molecule has 0 saturated carbocycles. The summed E-state index contributed by atoms with van der Waals surface area (Å²) in [6, 6.07) is 0.104. The molecule has 1 aromatic heterocycles. The van der Waals surface area contributed by atoms with Gasteiger partial charge in [0.25, 0.3) is 0 Å². The van der Waals surface area contributed by atoms with Crippen molar-refractivity contribution < 1.29 is 0 Å². The largest absolute Gasteiger partial charge is 0.324 e. The van der Waals surface area contributed by atoms with Crippen molar-refractivity contribution in [2.24, 2.45) is 5.73 Å². The van der Waals surface area contributed by atoms with E-state index in [2.05, 4.69) is 16.9 Å². The van der Waals surface area contributed by atoms with Gasteiger partial charge in [0.15, 0.2) is 0 Å². The second-order valence-electron chi connectivity index (χ2n) is 3.27. The van der Waals surface area contributed by atoms with Gasteiger partial charge in [0, 0.05) is 24.0 Å². The van der Waals surface area contributed by atoms with E-state index in [1.165, 1.54) is 25.6 Å². The Morgan fingerprint density at radius 1 is 1.31 bits per heavy atom. The zero-order chi connectivity index (χ0) is 9.52. The van der Waals surface area contributed by atoms with Gasteiger partial charge in [-0.1, -0.05) is 26.2 Å². The Morgan fingerprint density at radius 2 is 2.00 bits per heavy atom. The van der Waals surface area contributed by atoms with E-state index >= 15 is 0 Å². The molecule has 0 aromatic carbocycles. The molecule has 13 heavy (non-hydrogen) atoms.